The largest absolute Gasteiger partial charge is 0.361 e. The molecular formula is C18H22N2OS. The number of benzene rings is 1. The van der Waals surface area contributed by atoms with E-state index in [-0.39, 0.29) is 0 Å². The molecular weight excluding hydrogens is 292 g/mol. The van der Waals surface area contributed by atoms with Gasteiger partial charge in [-0.2, -0.15) is 11.8 Å². The topological polar surface area (TPSA) is 36.1 Å². The maximum absolute atomic E-state index is 10.5. The summed E-state index contributed by atoms with van der Waals surface area (Å²) < 4.78 is 0. The van der Waals surface area contributed by atoms with Crippen LogP contribution in [0.25, 0.3) is 10.9 Å². The second-order valence-electron chi connectivity index (χ2n) is 6.71. The number of H-pyrrole nitrogens is 1. The van der Waals surface area contributed by atoms with E-state index in [4.69, 9.17) is 0 Å². The van der Waals surface area contributed by atoms with Crippen LogP contribution < -0.4 is 0 Å². The van der Waals surface area contributed by atoms with Crippen LogP contribution in [0, 0.1) is 5.92 Å². The van der Waals surface area contributed by atoms with Crippen LogP contribution in [0.1, 0.15) is 23.5 Å². The molecule has 4 heteroatoms. The highest BCUT2D eigenvalue weighted by Crippen LogP contribution is 2.44. The Morgan fingerprint density at radius 1 is 1.45 bits per heavy atom. The van der Waals surface area contributed by atoms with E-state index >= 15 is 0 Å². The van der Waals surface area contributed by atoms with E-state index in [1.165, 1.54) is 28.5 Å². The minimum Gasteiger partial charge on any atom is -0.361 e. The van der Waals surface area contributed by atoms with Gasteiger partial charge in [0.1, 0.15) is 6.29 Å². The lowest BCUT2D eigenvalue weighted by Gasteiger charge is -2.45. The van der Waals surface area contributed by atoms with Gasteiger partial charge in [0.25, 0.3) is 0 Å². The average molecular weight is 314 g/mol. The van der Waals surface area contributed by atoms with Gasteiger partial charge in [-0.1, -0.05) is 12.1 Å². The number of fused-ring (bicyclic) bond motifs is 2. The van der Waals surface area contributed by atoms with Gasteiger partial charge in [-0.05, 0) is 48.8 Å². The number of aromatic amines is 1. The molecule has 1 N–H and O–H groups in total. The molecule has 1 aromatic heterocycles. The molecule has 3 atom stereocenters. The molecule has 1 aliphatic carbocycles. The minimum atomic E-state index is 0.626. The number of thioether (sulfide) groups is 1. The van der Waals surface area contributed by atoms with Gasteiger partial charge >= 0.3 is 0 Å². The summed E-state index contributed by atoms with van der Waals surface area (Å²) in [5.74, 6) is 3.05. The molecule has 0 unspecified atom stereocenters. The van der Waals surface area contributed by atoms with Crippen molar-refractivity contribution in [2.24, 2.45) is 5.92 Å². The lowest BCUT2D eigenvalue weighted by Crippen LogP contribution is -2.48. The highest BCUT2D eigenvalue weighted by molar-refractivity contribution is 7.99. The van der Waals surface area contributed by atoms with Crippen LogP contribution in [0.15, 0.2) is 24.4 Å². The molecule has 3 nitrogen and oxygen atoms in total. The number of carbonyl (C=O) groups is 1. The van der Waals surface area contributed by atoms with Gasteiger partial charge in [0.15, 0.2) is 0 Å². The lowest BCUT2D eigenvalue weighted by atomic mass is 9.73. The van der Waals surface area contributed by atoms with Crippen LogP contribution in [0.4, 0.5) is 0 Å². The number of aromatic nitrogens is 1. The number of likely N-dealkylation sites (N-methyl/N-ethyl adjacent to an activating group) is 1. The van der Waals surface area contributed by atoms with Crippen LogP contribution in [0.2, 0.25) is 0 Å². The van der Waals surface area contributed by atoms with Crippen molar-refractivity contribution in [2.45, 2.75) is 24.8 Å². The first-order chi connectivity index (χ1) is 10.8. The molecule has 4 rings (SSSR count). The summed E-state index contributed by atoms with van der Waals surface area (Å²) in [6.45, 7) is 1.16. The third-order valence-electron chi connectivity index (χ3n) is 5.35. The average Bonchev–Trinajstić information content (AvgIpc) is 2.94. The molecule has 1 fully saturated rings. The van der Waals surface area contributed by atoms with Gasteiger partial charge in [0, 0.05) is 41.4 Å². The maximum atomic E-state index is 10.5. The van der Waals surface area contributed by atoms with Gasteiger partial charge < -0.3 is 14.7 Å². The first kappa shape index (κ1) is 14.3. The first-order valence-electron chi connectivity index (χ1n) is 8.08. The Bertz CT molecular complexity index is 695. The number of nitrogens with zero attached hydrogens (tertiary/aromatic N) is 1. The fraction of sp³-hybridized carbons (Fsp3) is 0.500. The molecule has 0 saturated carbocycles. The molecule has 1 aliphatic heterocycles. The van der Waals surface area contributed by atoms with Crippen LogP contribution in [-0.4, -0.2) is 47.3 Å². The summed E-state index contributed by atoms with van der Waals surface area (Å²) in [4.78, 5) is 16.5. The van der Waals surface area contributed by atoms with Crippen LogP contribution in [0.3, 0.4) is 0 Å². The van der Waals surface area contributed by atoms with Gasteiger partial charge in [-0.3, -0.25) is 0 Å². The number of hydrogen-bond acceptors (Lipinski definition) is 3. The number of piperidine rings is 1. The van der Waals surface area contributed by atoms with Crippen molar-refractivity contribution in [3.05, 3.63) is 35.5 Å². The molecule has 0 radical (unpaired) electrons. The van der Waals surface area contributed by atoms with E-state index in [0.717, 1.165) is 25.0 Å². The van der Waals surface area contributed by atoms with Crippen molar-refractivity contribution in [1.29, 1.82) is 0 Å². The number of rotatable bonds is 4. The van der Waals surface area contributed by atoms with Gasteiger partial charge in [0.05, 0.1) is 0 Å². The molecule has 1 aromatic carbocycles. The van der Waals surface area contributed by atoms with E-state index in [9.17, 15) is 4.79 Å². The van der Waals surface area contributed by atoms with Crippen molar-refractivity contribution in [3.8, 4) is 0 Å². The van der Waals surface area contributed by atoms with E-state index in [1.54, 1.807) is 11.8 Å². The molecule has 2 aromatic rings. The highest BCUT2D eigenvalue weighted by atomic mass is 32.2. The van der Waals surface area contributed by atoms with Gasteiger partial charge in [-0.15, -0.1) is 0 Å². The van der Waals surface area contributed by atoms with Crippen LogP contribution in [0.5, 0.6) is 0 Å². The summed E-state index contributed by atoms with van der Waals surface area (Å²) in [7, 11) is 2.27. The predicted octanol–water partition coefficient (Wildman–Crippen LogP) is 3.06. The smallest absolute Gasteiger partial charge is 0.129 e. The van der Waals surface area contributed by atoms with Gasteiger partial charge in [-0.25, -0.2) is 0 Å². The maximum Gasteiger partial charge on any atom is 0.129 e. The quantitative estimate of drug-likeness (QED) is 0.696. The summed E-state index contributed by atoms with van der Waals surface area (Å²) in [5, 5.41) is 1.47. The second kappa shape index (κ2) is 5.74. The Balaban J connectivity index is 1.65. The van der Waals surface area contributed by atoms with Crippen molar-refractivity contribution in [2.75, 3.05) is 25.1 Å². The van der Waals surface area contributed by atoms with E-state index in [0.29, 0.717) is 23.6 Å². The molecule has 116 valence electrons. The number of carbonyl (C=O) groups excluding carboxylic acids is 1. The molecule has 2 heterocycles. The zero-order valence-corrected chi connectivity index (χ0v) is 13.7. The number of aldehydes is 1. The standard InChI is InChI=1S/C18H22N2OS/c1-20-10-12(11-22-6-5-21)7-15-14-3-2-4-16-18(14)13(9-19-16)8-17(15)20/h2-5,9,12,15,17,19H,6-8,10-11H2,1H3/t12-,15-,17-/m1/s1. The molecule has 0 spiro atoms. The molecule has 0 amide bonds. The third kappa shape index (κ3) is 2.29. The van der Waals surface area contributed by atoms with Crippen molar-refractivity contribution >= 4 is 29.0 Å². The number of nitrogens with one attached hydrogen (secondary N) is 1. The lowest BCUT2D eigenvalue weighted by molar-refractivity contribution is -0.105. The Kier molecular flexibility index (Phi) is 3.74. The normalized spacial score (nSPS) is 27.8. The Hall–Kier alpha value is -1.26. The molecule has 2 aliphatic rings. The van der Waals surface area contributed by atoms with E-state index in [2.05, 4.69) is 41.3 Å². The molecule has 1 saturated heterocycles. The van der Waals surface area contributed by atoms with Crippen LogP contribution >= 0.6 is 11.8 Å². The SMILES string of the molecule is CN1C[C@H](CSCC=O)C[C@@H]2c3cccc4[nH]cc(c34)C[C@H]21. The monoisotopic (exact) mass is 314 g/mol. The van der Waals surface area contributed by atoms with E-state index in [1.807, 2.05) is 0 Å². The Labute approximate surface area is 135 Å². The molecule has 0 bridgehead atoms. The molecule has 22 heavy (non-hydrogen) atoms. The Morgan fingerprint density at radius 3 is 3.23 bits per heavy atom. The fourth-order valence-corrected chi connectivity index (χ4v) is 5.26. The summed E-state index contributed by atoms with van der Waals surface area (Å²) >= 11 is 1.78. The third-order valence-corrected chi connectivity index (χ3v) is 6.43. The second-order valence-corrected chi connectivity index (χ2v) is 7.78. The fourth-order valence-electron chi connectivity index (χ4n) is 4.46. The highest BCUT2D eigenvalue weighted by Gasteiger charge is 2.39. The van der Waals surface area contributed by atoms with Gasteiger partial charge in [0.2, 0.25) is 0 Å². The van der Waals surface area contributed by atoms with Crippen molar-refractivity contribution in [3.63, 3.8) is 0 Å². The Morgan fingerprint density at radius 2 is 2.36 bits per heavy atom. The summed E-state index contributed by atoms with van der Waals surface area (Å²) in [6.07, 6.45) is 5.63. The number of likely N-dealkylation sites (tertiary alicyclic amines) is 1. The summed E-state index contributed by atoms with van der Waals surface area (Å²) in [5.41, 5.74) is 4.29. The first-order valence-corrected chi connectivity index (χ1v) is 9.24. The minimum absolute atomic E-state index is 0.626. The zero-order valence-electron chi connectivity index (χ0n) is 12.9. The van der Waals surface area contributed by atoms with Crippen molar-refractivity contribution < 1.29 is 4.79 Å². The summed E-state index contributed by atoms with van der Waals surface area (Å²) in [6, 6.07) is 7.32. The van der Waals surface area contributed by atoms with Crippen LogP contribution in [-0.2, 0) is 11.2 Å². The van der Waals surface area contributed by atoms with Crippen molar-refractivity contribution in [1.82, 2.24) is 9.88 Å². The van der Waals surface area contributed by atoms with E-state index < -0.39 is 0 Å². The predicted molar refractivity (Wildman–Crippen MR) is 92.7 cm³/mol. The number of hydrogen-bond donors (Lipinski definition) is 1. The zero-order chi connectivity index (χ0) is 15.1.